The Morgan fingerprint density at radius 2 is 1.61 bits per heavy atom. The van der Waals surface area contributed by atoms with Crippen molar-refractivity contribution in [1.82, 2.24) is 9.97 Å². The number of rotatable bonds is 2. The molecule has 1 unspecified atom stereocenters. The van der Waals surface area contributed by atoms with Crippen molar-refractivity contribution in [3.8, 4) is 0 Å². The first-order valence-corrected chi connectivity index (χ1v) is 8.87. The number of hydrogen-bond donors (Lipinski definition) is 1. The molecule has 5 rings (SSSR count). The molecule has 1 N–H and O–H groups in total. The Hall–Kier alpha value is -3.80. The normalized spacial score (nSPS) is 16.0. The number of para-hydroxylation sites is 3. The number of carbonyl (C=O) groups is 1. The van der Waals surface area contributed by atoms with Crippen LogP contribution in [0.4, 0.5) is 15.8 Å². The molecule has 0 radical (unpaired) electrons. The molecule has 1 amide bonds. The molecule has 6 heteroatoms. The van der Waals surface area contributed by atoms with Gasteiger partial charge in [-0.05, 0) is 48.5 Å². The fourth-order valence-corrected chi connectivity index (χ4v) is 3.43. The Morgan fingerprint density at radius 1 is 0.893 bits per heavy atom. The van der Waals surface area contributed by atoms with Crippen LogP contribution in [0.15, 0.2) is 79.0 Å². The number of nitrogens with zero attached hydrogens (tertiary/aromatic N) is 3. The lowest BCUT2D eigenvalue weighted by Crippen LogP contribution is -2.43. The first kappa shape index (κ1) is 16.4. The Kier molecular flexibility index (Phi) is 3.76. The number of benzene rings is 3. The van der Waals surface area contributed by atoms with E-state index >= 15 is 0 Å². The van der Waals surface area contributed by atoms with E-state index in [1.807, 2.05) is 42.5 Å². The van der Waals surface area contributed by atoms with Gasteiger partial charge in [0.15, 0.2) is 6.17 Å². The Morgan fingerprint density at radius 3 is 2.43 bits per heavy atom. The molecular weight excluding hydrogens is 355 g/mol. The van der Waals surface area contributed by atoms with Gasteiger partial charge in [-0.2, -0.15) is 0 Å². The van der Waals surface area contributed by atoms with Crippen LogP contribution in [0.3, 0.4) is 0 Å². The Balaban J connectivity index is 1.67. The molecule has 28 heavy (non-hydrogen) atoms. The summed E-state index contributed by atoms with van der Waals surface area (Å²) in [6.45, 7) is 0. The molecule has 1 aliphatic rings. The summed E-state index contributed by atoms with van der Waals surface area (Å²) in [5, 5.41) is 3.38. The lowest BCUT2D eigenvalue weighted by molar-refractivity contribution is 0.0974. The highest BCUT2D eigenvalue weighted by atomic mass is 19.1. The van der Waals surface area contributed by atoms with Crippen LogP contribution < -0.4 is 10.2 Å². The van der Waals surface area contributed by atoms with Crippen LogP contribution in [0.25, 0.3) is 11.0 Å². The largest absolute Gasteiger partial charge is 0.359 e. The van der Waals surface area contributed by atoms with Gasteiger partial charge in [-0.15, -0.1) is 0 Å². The molecule has 1 aliphatic heterocycles. The zero-order valence-corrected chi connectivity index (χ0v) is 14.7. The molecule has 2 heterocycles. The minimum absolute atomic E-state index is 0.180. The van der Waals surface area contributed by atoms with E-state index in [1.165, 1.54) is 12.1 Å². The van der Waals surface area contributed by atoms with Gasteiger partial charge in [-0.3, -0.25) is 14.7 Å². The van der Waals surface area contributed by atoms with Gasteiger partial charge in [-0.25, -0.2) is 9.37 Å². The molecule has 3 aromatic carbocycles. The molecule has 0 bridgehead atoms. The molecule has 0 fully saturated rings. The quantitative estimate of drug-likeness (QED) is 0.563. The summed E-state index contributed by atoms with van der Waals surface area (Å²) in [6, 6.07) is 20.7. The Bertz CT molecular complexity index is 1190. The van der Waals surface area contributed by atoms with Crippen LogP contribution in [-0.2, 0) is 0 Å². The summed E-state index contributed by atoms with van der Waals surface area (Å²) in [5.41, 5.74) is 3.98. The molecule has 0 saturated carbocycles. The molecule has 136 valence electrons. The van der Waals surface area contributed by atoms with E-state index < -0.39 is 6.17 Å². The lowest BCUT2D eigenvalue weighted by Gasteiger charge is -2.37. The number of anilines is 2. The second-order valence-electron chi connectivity index (χ2n) is 6.53. The van der Waals surface area contributed by atoms with Crippen molar-refractivity contribution >= 4 is 28.3 Å². The summed E-state index contributed by atoms with van der Waals surface area (Å²) in [6.07, 6.45) is 1.10. The summed E-state index contributed by atoms with van der Waals surface area (Å²) < 4.78 is 13.4. The molecular formula is C22H15FN4O. The SMILES string of the molecule is O=C1c2ccccc2NC(c2cnc3ccccc3n2)N1c1ccc(F)cc1. The minimum atomic E-state index is -0.565. The van der Waals surface area contributed by atoms with E-state index in [2.05, 4.69) is 10.3 Å². The van der Waals surface area contributed by atoms with E-state index in [1.54, 1.807) is 29.3 Å². The van der Waals surface area contributed by atoms with Gasteiger partial charge in [0.25, 0.3) is 5.91 Å². The van der Waals surface area contributed by atoms with Gasteiger partial charge in [-0.1, -0.05) is 24.3 Å². The first-order chi connectivity index (χ1) is 13.7. The Labute approximate surface area is 160 Å². The smallest absolute Gasteiger partial charge is 0.262 e. The number of carbonyl (C=O) groups excluding carboxylic acids is 1. The second kappa shape index (κ2) is 6.42. The number of hydrogen-bond acceptors (Lipinski definition) is 4. The summed E-state index contributed by atoms with van der Waals surface area (Å²) in [5.74, 6) is -0.537. The first-order valence-electron chi connectivity index (χ1n) is 8.87. The summed E-state index contributed by atoms with van der Waals surface area (Å²) in [4.78, 5) is 24.1. The second-order valence-corrected chi connectivity index (χ2v) is 6.53. The predicted molar refractivity (Wildman–Crippen MR) is 106 cm³/mol. The molecule has 0 saturated heterocycles. The topological polar surface area (TPSA) is 58.1 Å². The maximum atomic E-state index is 13.4. The maximum Gasteiger partial charge on any atom is 0.262 e. The average molecular weight is 370 g/mol. The zero-order chi connectivity index (χ0) is 19.1. The third-order valence-electron chi connectivity index (χ3n) is 4.78. The standard InChI is InChI=1S/C22H15FN4O/c23-14-9-11-15(12-10-14)27-21(26-17-6-2-1-5-16(17)22(27)28)20-13-24-18-7-3-4-8-19(18)25-20/h1-13,21,26H. The molecule has 1 aromatic heterocycles. The van der Waals surface area contributed by atoms with E-state index in [0.29, 0.717) is 16.9 Å². The van der Waals surface area contributed by atoms with Crippen LogP contribution in [0.5, 0.6) is 0 Å². The number of halogens is 1. The van der Waals surface area contributed by atoms with Crippen LogP contribution in [-0.4, -0.2) is 15.9 Å². The van der Waals surface area contributed by atoms with Gasteiger partial charge < -0.3 is 5.32 Å². The highest BCUT2D eigenvalue weighted by Crippen LogP contribution is 2.36. The van der Waals surface area contributed by atoms with Gasteiger partial charge in [0.2, 0.25) is 0 Å². The average Bonchev–Trinajstić information content (AvgIpc) is 2.74. The number of fused-ring (bicyclic) bond motifs is 2. The molecule has 4 aromatic rings. The van der Waals surface area contributed by atoms with Crippen molar-refractivity contribution in [1.29, 1.82) is 0 Å². The monoisotopic (exact) mass is 370 g/mol. The van der Waals surface area contributed by atoms with Crippen molar-refractivity contribution < 1.29 is 9.18 Å². The summed E-state index contributed by atoms with van der Waals surface area (Å²) in [7, 11) is 0. The third kappa shape index (κ3) is 2.66. The lowest BCUT2D eigenvalue weighted by atomic mass is 10.1. The zero-order valence-electron chi connectivity index (χ0n) is 14.7. The maximum absolute atomic E-state index is 13.4. The molecule has 0 aliphatic carbocycles. The van der Waals surface area contributed by atoms with Crippen molar-refractivity contribution in [2.24, 2.45) is 0 Å². The number of amides is 1. The fourth-order valence-electron chi connectivity index (χ4n) is 3.43. The van der Waals surface area contributed by atoms with Crippen molar-refractivity contribution in [2.45, 2.75) is 6.17 Å². The van der Waals surface area contributed by atoms with E-state index in [-0.39, 0.29) is 11.7 Å². The van der Waals surface area contributed by atoms with Crippen molar-refractivity contribution in [3.63, 3.8) is 0 Å². The van der Waals surface area contributed by atoms with Gasteiger partial charge in [0.05, 0.1) is 22.8 Å². The van der Waals surface area contributed by atoms with E-state index in [9.17, 15) is 9.18 Å². The molecule has 5 nitrogen and oxygen atoms in total. The van der Waals surface area contributed by atoms with E-state index in [0.717, 1.165) is 16.7 Å². The van der Waals surface area contributed by atoms with Crippen LogP contribution >= 0.6 is 0 Å². The third-order valence-corrected chi connectivity index (χ3v) is 4.78. The van der Waals surface area contributed by atoms with Crippen molar-refractivity contribution in [3.05, 3.63) is 96.1 Å². The number of aromatic nitrogens is 2. The van der Waals surface area contributed by atoms with Crippen LogP contribution in [0, 0.1) is 5.82 Å². The fraction of sp³-hybridized carbons (Fsp3) is 0.0455. The van der Waals surface area contributed by atoms with Crippen LogP contribution in [0.2, 0.25) is 0 Å². The highest BCUT2D eigenvalue weighted by Gasteiger charge is 2.35. The number of nitrogens with one attached hydrogen (secondary N) is 1. The predicted octanol–water partition coefficient (Wildman–Crippen LogP) is 4.54. The van der Waals surface area contributed by atoms with Gasteiger partial charge in [0, 0.05) is 11.4 Å². The minimum Gasteiger partial charge on any atom is -0.359 e. The molecule has 1 atom stereocenters. The van der Waals surface area contributed by atoms with Gasteiger partial charge >= 0.3 is 0 Å². The highest BCUT2D eigenvalue weighted by molar-refractivity contribution is 6.12. The molecule has 0 spiro atoms. The van der Waals surface area contributed by atoms with Crippen LogP contribution in [0.1, 0.15) is 22.2 Å². The summed E-state index contributed by atoms with van der Waals surface area (Å²) >= 11 is 0. The van der Waals surface area contributed by atoms with Gasteiger partial charge in [0.1, 0.15) is 11.5 Å². The van der Waals surface area contributed by atoms with Crippen molar-refractivity contribution in [2.75, 3.05) is 10.2 Å². The van der Waals surface area contributed by atoms with E-state index in [4.69, 9.17) is 4.98 Å².